The Balaban J connectivity index is -0.000000124. The van der Waals surface area contributed by atoms with Gasteiger partial charge in [0.15, 0.2) is 0 Å². The van der Waals surface area contributed by atoms with Crippen LogP contribution >= 0.6 is 0 Å². The molecule has 31 heavy (non-hydrogen) atoms. The molecule has 0 aromatic heterocycles. The Morgan fingerprint density at radius 2 is 1.00 bits per heavy atom. The van der Waals surface area contributed by atoms with Crippen molar-refractivity contribution in [2.24, 2.45) is 29.6 Å². The molecule has 0 aromatic carbocycles. The van der Waals surface area contributed by atoms with Crippen LogP contribution in [-0.2, 0) is 0 Å². The van der Waals surface area contributed by atoms with Crippen LogP contribution in [0.3, 0.4) is 0 Å². The minimum Gasteiger partial charge on any atom is -0.106 e. The largest absolute Gasteiger partial charge is 0.106 e. The molecule has 1 rings (SSSR count). The Morgan fingerprint density at radius 1 is 0.677 bits per heavy atom. The monoisotopic (exact) mass is 443 g/mol. The van der Waals surface area contributed by atoms with E-state index in [1.807, 2.05) is 13.8 Å². The lowest BCUT2D eigenvalue weighted by Crippen LogP contribution is -2.26. The highest BCUT2D eigenvalue weighted by Crippen LogP contribution is 2.40. The summed E-state index contributed by atoms with van der Waals surface area (Å²) < 4.78 is 0. The molecule has 1 unspecified atom stereocenters. The Labute approximate surface area is 203 Å². The summed E-state index contributed by atoms with van der Waals surface area (Å²) in [5, 5.41) is 0. The van der Waals surface area contributed by atoms with Gasteiger partial charge in [0.1, 0.15) is 0 Å². The molecule has 0 radical (unpaired) electrons. The molecular weight excluding hydrogens is 372 g/mol. The Morgan fingerprint density at radius 3 is 1.26 bits per heavy atom. The molecule has 1 fully saturated rings. The molecule has 0 heterocycles. The van der Waals surface area contributed by atoms with Crippen LogP contribution in [0.15, 0.2) is 13.2 Å². The Kier molecular flexibility index (Phi) is 49.1. The zero-order chi connectivity index (χ0) is 25.7. The average Bonchev–Trinajstić information content (AvgIpc) is 2.71. The summed E-state index contributed by atoms with van der Waals surface area (Å²) in [7, 11) is 0. The normalized spacial score (nSPS) is 16.9. The molecule has 0 aromatic rings. The fourth-order valence-corrected chi connectivity index (χ4v) is 3.04. The molecule has 1 aliphatic rings. The molecule has 0 saturated heterocycles. The summed E-state index contributed by atoms with van der Waals surface area (Å²) >= 11 is 0. The fraction of sp³-hybridized carbons (Fsp3) is 0.935. The SMILES string of the molecule is C=C.CC.CC(C)C.CC(C)CCCCCCC(C)C1CC(C)C1.CCC.CCCC. The molecule has 0 aliphatic heterocycles. The van der Waals surface area contributed by atoms with Crippen molar-refractivity contribution in [3.8, 4) is 0 Å². The number of hydrogen-bond acceptors (Lipinski definition) is 0. The summed E-state index contributed by atoms with van der Waals surface area (Å²) in [4.78, 5) is 0. The van der Waals surface area contributed by atoms with Crippen molar-refractivity contribution in [2.75, 3.05) is 0 Å². The van der Waals surface area contributed by atoms with E-state index >= 15 is 0 Å². The molecule has 0 N–H and O–H groups in total. The van der Waals surface area contributed by atoms with Gasteiger partial charge in [0, 0.05) is 0 Å². The van der Waals surface area contributed by atoms with Crippen molar-refractivity contribution < 1.29 is 0 Å². The molecule has 1 saturated carbocycles. The smallest absolute Gasteiger partial charge is 0.0383 e. The third-order valence-electron chi connectivity index (χ3n) is 4.91. The minimum absolute atomic E-state index is 0.833. The van der Waals surface area contributed by atoms with E-state index in [2.05, 4.69) is 89.3 Å². The van der Waals surface area contributed by atoms with Gasteiger partial charge in [-0.15, -0.1) is 13.2 Å². The highest BCUT2D eigenvalue weighted by Gasteiger charge is 2.29. The van der Waals surface area contributed by atoms with Crippen molar-refractivity contribution in [1.29, 1.82) is 0 Å². The van der Waals surface area contributed by atoms with E-state index in [0.29, 0.717) is 0 Å². The summed E-state index contributed by atoms with van der Waals surface area (Å²) in [6.07, 6.45) is 15.7. The van der Waals surface area contributed by atoms with Gasteiger partial charge in [-0.1, -0.05) is 148 Å². The molecule has 1 aliphatic carbocycles. The van der Waals surface area contributed by atoms with Crippen molar-refractivity contribution in [3.63, 3.8) is 0 Å². The molecule has 0 heteroatoms. The second-order valence-corrected chi connectivity index (χ2v) is 10.1. The van der Waals surface area contributed by atoms with E-state index in [4.69, 9.17) is 0 Å². The van der Waals surface area contributed by atoms with Gasteiger partial charge in [0.2, 0.25) is 0 Å². The minimum atomic E-state index is 0.833. The maximum Gasteiger partial charge on any atom is -0.0383 e. The van der Waals surface area contributed by atoms with Gasteiger partial charge in [-0.05, 0) is 42.4 Å². The second kappa shape index (κ2) is 37.1. The van der Waals surface area contributed by atoms with Crippen LogP contribution in [0.25, 0.3) is 0 Å². The second-order valence-electron chi connectivity index (χ2n) is 10.1. The zero-order valence-corrected chi connectivity index (χ0v) is 25.1. The average molecular weight is 443 g/mol. The van der Waals surface area contributed by atoms with Crippen LogP contribution in [0, 0.1) is 29.6 Å². The molecule has 0 spiro atoms. The highest BCUT2D eigenvalue weighted by atomic mass is 14.3. The quantitative estimate of drug-likeness (QED) is 0.246. The van der Waals surface area contributed by atoms with Crippen molar-refractivity contribution >= 4 is 0 Å². The van der Waals surface area contributed by atoms with E-state index in [-0.39, 0.29) is 0 Å². The summed E-state index contributed by atoms with van der Waals surface area (Å²) in [6.45, 7) is 34.7. The van der Waals surface area contributed by atoms with Crippen LogP contribution in [0.5, 0.6) is 0 Å². The van der Waals surface area contributed by atoms with Crippen LogP contribution in [0.2, 0.25) is 0 Å². The fourth-order valence-electron chi connectivity index (χ4n) is 3.04. The number of rotatable bonds is 9. The van der Waals surface area contributed by atoms with Gasteiger partial charge in [-0.2, -0.15) is 0 Å². The van der Waals surface area contributed by atoms with Crippen molar-refractivity contribution in [2.45, 2.75) is 161 Å². The van der Waals surface area contributed by atoms with E-state index in [1.54, 1.807) is 0 Å². The van der Waals surface area contributed by atoms with Crippen LogP contribution < -0.4 is 0 Å². The molecule has 194 valence electrons. The summed E-state index contributed by atoms with van der Waals surface area (Å²) in [5.74, 6) is 4.83. The molecule has 0 nitrogen and oxygen atoms in total. The lowest BCUT2D eigenvalue weighted by Gasteiger charge is -2.37. The van der Waals surface area contributed by atoms with Crippen molar-refractivity contribution in [1.82, 2.24) is 0 Å². The molecule has 0 amide bonds. The topological polar surface area (TPSA) is 0 Å². The Bertz CT molecular complexity index is 242. The number of hydrogen-bond donors (Lipinski definition) is 0. The zero-order valence-electron chi connectivity index (χ0n) is 25.1. The van der Waals surface area contributed by atoms with E-state index in [1.165, 1.54) is 70.6 Å². The first kappa shape index (κ1) is 41.0. The first-order chi connectivity index (χ1) is 14.7. The first-order valence-corrected chi connectivity index (χ1v) is 14.2. The van der Waals surface area contributed by atoms with Gasteiger partial charge in [0.05, 0.1) is 0 Å². The van der Waals surface area contributed by atoms with Gasteiger partial charge in [-0.25, -0.2) is 0 Å². The van der Waals surface area contributed by atoms with Gasteiger partial charge >= 0.3 is 0 Å². The van der Waals surface area contributed by atoms with E-state index in [9.17, 15) is 0 Å². The predicted octanol–water partition coefficient (Wildman–Crippen LogP) is 12.4. The summed E-state index contributed by atoms with van der Waals surface area (Å²) in [5.41, 5.74) is 0. The molecular formula is C31H70. The van der Waals surface area contributed by atoms with Gasteiger partial charge < -0.3 is 0 Å². The van der Waals surface area contributed by atoms with Gasteiger partial charge in [0.25, 0.3) is 0 Å². The molecule has 1 atom stereocenters. The third kappa shape index (κ3) is 48.4. The lowest BCUT2D eigenvalue weighted by atomic mass is 9.69. The summed E-state index contributed by atoms with van der Waals surface area (Å²) in [6, 6.07) is 0. The maximum absolute atomic E-state index is 3.00. The standard InChI is InChI=1S/C16H32.2C4H10.C3H8.C2H6.C2H4/c1-13(2)9-7-5-6-8-10-15(4)16-11-14(3)12-16;1-4(2)3;1-3-4-2;1-3-2;2*1-2/h13-16H,5-12H2,1-4H3;4H,1-3H3;3-4H2,1-2H3;3H2,1-2H3;1-2H3;1-2H2. The Hall–Kier alpha value is -0.260. The predicted molar refractivity (Wildman–Crippen MR) is 153 cm³/mol. The molecule has 0 bridgehead atoms. The van der Waals surface area contributed by atoms with Crippen LogP contribution in [-0.4, -0.2) is 0 Å². The van der Waals surface area contributed by atoms with Crippen LogP contribution in [0.4, 0.5) is 0 Å². The van der Waals surface area contributed by atoms with Crippen molar-refractivity contribution in [3.05, 3.63) is 13.2 Å². The lowest BCUT2D eigenvalue weighted by molar-refractivity contribution is 0.138. The third-order valence-corrected chi connectivity index (χ3v) is 4.91. The van der Waals surface area contributed by atoms with E-state index in [0.717, 1.165) is 29.6 Å². The van der Waals surface area contributed by atoms with Gasteiger partial charge in [-0.3, -0.25) is 0 Å². The van der Waals surface area contributed by atoms with Crippen LogP contribution in [0.1, 0.15) is 161 Å². The maximum atomic E-state index is 3.00. The number of unbranched alkanes of at least 4 members (excludes halogenated alkanes) is 4. The first-order valence-electron chi connectivity index (χ1n) is 14.2. The highest BCUT2D eigenvalue weighted by molar-refractivity contribution is 4.80. The van der Waals surface area contributed by atoms with E-state index < -0.39 is 0 Å².